The Bertz CT molecular complexity index is 637. The molecule has 0 bridgehead atoms. The predicted octanol–water partition coefficient (Wildman–Crippen LogP) is 3.73. The van der Waals surface area contributed by atoms with E-state index in [2.05, 4.69) is 0 Å². The number of hydrogen-bond acceptors (Lipinski definition) is 3. The Morgan fingerprint density at radius 3 is 2.72 bits per heavy atom. The van der Waals surface area contributed by atoms with Crippen molar-refractivity contribution in [2.45, 2.75) is 0 Å². The summed E-state index contributed by atoms with van der Waals surface area (Å²) in [5.74, 6) is -0.258. The van der Waals surface area contributed by atoms with Gasteiger partial charge in [-0.05, 0) is 24.3 Å². The summed E-state index contributed by atoms with van der Waals surface area (Å²) in [4.78, 5) is 0. The fraction of sp³-hybridized carbons (Fsp3) is 0. The van der Waals surface area contributed by atoms with E-state index in [-0.39, 0.29) is 17.1 Å². The predicted molar refractivity (Wildman–Crippen MR) is 67.1 cm³/mol. The van der Waals surface area contributed by atoms with E-state index in [0.29, 0.717) is 10.7 Å². The highest BCUT2D eigenvalue weighted by atomic mass is 35.5. The number of hydrogen-bond donors (Lipinski definition) is 1. The Labute approximate surface area is 108 Å². The van der Waals surface area contributed by atoms with Crippen LogP contribution < -0.4 is 10.5 Å². The lowest BCUT2D eigenvalue weighted by atomic mass is 10.2. The van der Waals surface area contributed by atoms with Crippen LogP contribution in [0.3, 0.4) is 0 Å². The van der Waals surface area contributed by atoms with Crippen molar-refractivity contribution in [1.82, 2.24) is 0 Å². The van der Waals surface area contributed by atoms with Crippen LogP contribution in [0.4, 0.5) is 10.1 Å². The van der Waals surface area contributed by atoms with E-state index >= 15 is 0 Å². The summed E-state index contributed by atoms with van der Waals surface area (Å²) in [7, 11) is 0. The molecule has 0 saturated carbocycles. The number of nitrogen functional groups attached to an aromatic ring is 1. The van der Waals surface area contributed by atoms with Crippen LogP contribution in [-0.2, 0) is 0 Å². The number of anilines is 1. The van der Waals surface area contributed by atoms with Gasteiger partial charge in [0.15, 0.2) is 5.75 Å². The molecule has 0 heterocycles. The second kappa shape index (κ2) is 4.94. The van der Waals surface area contributed by atoms with Gasteiger partial charge in [0.2, 0.25) is 0 Å². The Balaban J connectivity index is 2.44. The van der Waals surface area contributed by atoms with E-state index in [9.17, 15) is 4.39 Å². The molecule has 0 radical (unpaired) electrons. The summed E-state index contributed by atoms with van der Waals surface area (Å²) < 4.78 is 18.8. The molecule has 0 saturated heterocycles. The quantitative estimate of drug-likeness (QED) is 0.839. The van der Waals surface area contributed by atoms with Gasteiger partial charge in [-0.15, -0.1) is 0 Å². The van der Waals surface area contributed by atoms with E-state index < -0.39 is 5.82 Å². The number of nitrogens with zero attached hydrogens (tertiary/aromatic N) is 1. The standard InChI is InChI=1S/C13H8ClFN2O/c14-8-4-5-11(17)13(6-8)18-12-3-1-2-10(15)9(12)7-16/h1-6H,17H2. The zero-order chi connectivity index (χ0) is 13.1. The Hall–Kier alpha value is -2.25. The van der Waals surface area contributed by atoms with Crippen molar-refractivity contribution in [1.29, 1.82) is 5.26 Å². The molecule has 0 aromatic heterocycles. The normalized spacial score (nSPS) is 9.83. The molecule has 0 fully saturated rings. The number of benzene rings is 2. The van der Waals surface area contributed by atoms with Crippen LogP contribution in [0.15, 0.2) is 36.4 Å². The third-order valence-electron chi connectivity index (χ3n) is 2.28. The molecule has 0 atom stereocenters. The monoisotopic (exact) mass is 262 g/mol. The van der Waals surface area contributed by atoms with Crippen molar-refractivity contribution in [2.75, 3.05) is 5.73 Å². The molecule has 0 aliphatic heterocycles. The van der Waals surface area contributed by atoms with E-state index in [0.717, 1.165) is 0 Å². The molecule has 3 nitrogen and oxygen atoms in total. The van der Waals surface area contributed by atoms with Gasteiger partial charge in [-0.1, -0.05) is 17.7 Å². The minimum absolute atomic E-state index is 0.103. The molecule has 0 aliphatic carbocycles. The lowest BCUT2D eigenvalue weighted by Gasteiger charge is -2.10. The van der Waals surface area contributed by atoms with Crippen LogP contribution in [-0.4, -0.2) is 0 Å². The highest BCUT2D eigenvalue weighted by molar-refractivity contribution is 6.30. The summed E-state index contributed by atoms with van der Waals surface area (Å²) in [6.07, 6.45) is 0. The average Bonchev–Trinajstić information content (AvgIpc) is 2.34. The Morgan fingerprint density at radius 1 is 1.22 bits per heavy atom. The summed E-state index contributed by atoms with van der Waals surface area (Å²) in [6.45, 7) is 0. The molecule has 90 valence electrons. The van der Waals surface area contributed by atoms with Gasteiger partial charge in [0.25, 0.3) is 0 Å². The van der Waals surface area contributed by atoms with Crippen molar-refractivity contribution < 1.29 is 9.13 Å². The molecule has 2 rings (SSSR count). The van der Waals surface area contributed by atoms with Crippen molar-refractivity contribution in [3.8, 4) is 17.6 Å². The Morgan fingerprint density at radius 2 is 2.00 bits per heavy atom. The second-order valence-electron chi connectivity index (χ2n) is 3.51. The lowest BCUT2D eigenvalue weighted by molar-refractivity contribution is 0.476. The van der Waals surface area contributed by atoms with E-state index in [1.807, 2.05) is 0 Å². The van der Waals surface area contributed by atoms with E-state index in [1.54, 1.807) is 18.2 Å². The van der Waals surface area contributed by atoms with Gasteiger partial charge in [-0.2, -0.15) is 5.26 Å². The summed E-state index contributed by atoms with van der Waals surface area (Å²) in [5, 5.41) is 9.31. The molecule has 0 spiro atoms. The topological polar surface area (TPSA) is 59.0 Å². The lowest BCUT2D eigenvalue weighted by Crippen LogP contribution is -1.95. The summed E-state index contributed by atoms with van der Waals surface area (Å²) in [6, 6.07) is 10.6. The van der Waals surface area contributed by atoms with Crippen molar-refractivity contribution >= 4 is 17.3 Å². The third kappa shape index (κ3) is 2.36. The van der Waals surface area contributed by atoms with Gasteiger partial charge in [0.1, 0.15) is 23.2 Å². The highest BCUT2D eigenvalue weighted by Crippen LogP contribution is 2.32. The van der Waals surface area contributed by atoms with Gasteiger partial charge >= 0.3 is 0 Å². The van der Waals surface area contributed by atoms with Crippen molar-refractivity contribution in [2.24, 2.45) is 0 Å². The van der Waals surface area contributed by atoms with Crippen LogP contribution in [0.2, 0.25) is 5.02 Å². The van der Waals surface area contributed by atoms with Crippen molar-refractivity contribution in [3.05, 3.63) is 52.8 Å². The first-order chi connectivity index (χ1) is 8.61. The zero-order valence-electron chi connectivity index (χ0n) is 9.15. The summed E-state index contributed by atoms with van der Waals surface area (Å²) in [5.41, 5.74) is 5.89. The molecule has 0 amide bonds. The van der Waals surface area contributed by atoms with Crippen molar-refractivity contribution in [3.63, 3.8) is 0 Å². The third-order valence-corrected chi connectivity index (χ3v) is 2.52. The SMILES string of the molecule is N#Cc1c(F)cccc1Oc1cc(Cl)ccc1N. The van der Waals surface area contributed by atoms with Crippen LogP contribution >= 0.6 is 11.6 Å². The first-order valence-electron chi connectivity index (χ1n) is 5.03. The van der Waals surface area contributed by atoms with Gasteiger partial charge in [0, 0.05) is 11.1 Å². The minimum atomic E-state index is -0.643. The maximum Gasteiger partial charge on any atom is 0.151 e. The maximum absolute atomic E-state index is 13.4. The molecule has 18 heavy (non-hydrogen) atoms. The zero-order valence-corrected chi connectivity index (χ0v) is 9.91. The molecular weight excluding hydrogens is 255 g/mol. The maximum atomic E-state index is 13.4. The molecule has 0 unspecified atom stereocenters. The number of nitrogens with two attached hydrogens (primary N) is 1. The smallest absolute Gasteiger partial charge is 0.151 e. The van der Waals surface area contributed by atoms with E-state index in [1.165, 1.54) is 24.3 Å². The largest absolute Gasteiger partial charge is 0.454 e. The number of rotatable bonds is 2. The molecule has 0 aliphatic rings. The first kappa shape index (κ1) is 12.2. The molecule has 2 N–H and O–H groups in total. The number of nitriles is 1. The molecule has 5 heteroatoms. The fourth-order valence-corrected chi connectivity index (χ4v) is 1.58. The van der Waals surface area contributed by atoms with Gasteiger partial charge in [0.05, 0.1) is 5.69 Å². The first-order valence-corrected chi connectivity index (χ1v) is 5.41. The molecular formula is C13H8ClFN2O. The van der Waals surface area contributed by atoms with Crippen LogP contribution in [0.1, 0.15) is 5.56 Å². The Kier molecular flexibility index (Phi) is 3.35. The van der Waals surface area contributed by atoms with Gasteiger partial charge < -0.3 is 10.5 Å². The van der Waals surface area contributed by atoms with Gasteiger partial charge in [-0.25, -0.2) is 4.39 Å². The van der Waals surface area contributed by atoms with Gasteiger partial charge in [-0.3, -0.25) is 0 Å². The summed E-state index contributed by atoms with van der Waals surface area (Å²) >= 11 is 5.81. The highest BCUT2D eigenvalue weighted by Gasteiger charge is 2.11. The number of ether oxygens (including phenoxy) is 1. The molecule has 2 aromatic carbocycles. The minimum Gasteiger partial charge on any atom is -0.454 e. The molecule has 2 aromatic rings. The fourth-order valence-electron chi connectivity index (χ4n) is 1.41. The van der Waals surface area contributed by atoms with E-state index in [4.69, 9.17) is 27.3 Å². The van der Waals surface area contributed by atoms with Crippen LogP contribution in [0, 0.1) is 17.1 Å². The average molecular weight is 263 g/mol. The number of halogens is 2. The second-order valence-corrected chi connectivity index (χ2v) is 3.95. The van der Waals surface area contributed by atoms with Crippen LogP contribution in [0.5, 0.6) is 11.5 Å². The van der Waals surface area contributed by atoms with Crippen LogP contribution in [0.25, 0.3) is 0 Å².